The Bertz CT molecular complexity index is 1890. The summed E-state index contributed by atoms with van der Waals surface area (Å²) in [6.45, 7) is 2.29. The second kappa shape index (κ2) is 12.1. The monoisotopic (exact) mass is 685 g/mol. The van der Waals surface area contributed by atoms with Crippen LogP contribution in [0, 0.1) is 5.82 Å². The predicted molar refractivity (Wildman–Crippen MR) is 178 cm³/mol. The van der Waals surface area contributed by atoms with E-state index in [1.807, 2.05) is 21.6 Å². The minimum absolute atomic E-state index is 0.0885. The van der Waals surface area contributed by atoms with Crippen molar-refractivity contribution in [1.82, 2.24) is 15.0 Å². The van der Waals surface area contributed by atoms with Gasteiger partial charge in [0.25, 0.3) is 11.8 Å². The molecule has 13 heteroatoms. The van der Waals surface area contributed by atoms with Gasteiger partial charge in [0, 0.05) is 48.8 Å². The number of nitrogens with zero attached hydrogens (tertiary/aromatic N) is 4. The Morgan fingerprint density at radius 2 is 1.60 bits per heavy atom. The van der Waals surface area contributed by atoms with Crippen LogP contribution in [0.4, 0.5) is 15.8 Å². The fourth-order valence-corrected chi connectivity index (χ4v) is 7.58. The minimum atomic E-state index is -0.716. The number of hydrazine groups is 1. The molecule has 0 spiro atoms. The Morgan fingerprint density at radius 1 is 0.911 bits per heavy atom. The zero-order valence-corrected chi connectivity index (χ0v) is 26.9. The summed E-state index contributed by atoms with van der Waals surface area (Å²) in [7, 11) is 0. The zero-order valence-electron chi connectivity index (χ0n) is 23.8. The molecule has 3 fully saturated rings. The van der Waals surface area contributed by atoms with Crippen LogP contribution in [-0.2, 0) is 4.79 Å². The molecule has 8 nitrogen and oxygen atoms in total. The highest BCUT2D eigenvalue weighted by Gasteiger charge is 2.36. The van der Waals surface area contributed by atoms with Gasteiger partial charge in [0.05, 0.1) is 32.7 Å². The van der Waals surface area contributed by atoms with Crippen molar-refractivity contribution in [1.29, 1.82) is 0 Å². The summed E-state index contributed by atoms with van der Waals surface area (Å²) < 4.78 is 17.6. The van der Waals surface area contributed by atoms with Crippen molar-refractivity contribution in [3.63, 3.8) is 0 Å². The van der Waals surface area contributed by atoms with Gasteiger partial charge in [-0.3, -0.25) is 19.8 Å². The van der Waals surface area contributed by atoms with Crippen molar-refractivity contribution < 1.29 is 14.0 Å². The highest BCUT2D eigenvalue weighted by Crippen LogP contribution is 2.40. The van der Waals surface area contributed by atoms with E-state index in [1.165, 1.54) is 22.8 Å². The number of hydrogen-bond donors (Lipinski definition) is 1. The van der Waals surface area contributed by atoms with Crippen LogP contribution in [-0.4, -0.2) is 53.3 Å². The number of nitrogens with one attached hydrogen (secondary N) is 1. The van der Waals surface area contributed by atoms with E-state index in [1.54, 1.807) is 42.6 Å². The number of anilines is 2. The molecular formula is C32H27Cl3FN5O3S. The third kappa shape index (κ3) is 5.73. The molecule has 4 aromatic rings. The molecule has 3 heterocycles. The summed E-state index contributed by atoms with van der Waals surface area (Å²) in [6.07, 6.45) is 3.30. The van der Waals surface area contributed by atoms with Crippen LogP contribution in [0.1, 0.15) is 40.2 Å². The van der Waals surface area contributed by atoms with E-state index in [0.29, 0.717) is 52.5 Å². The van der Waals surface area contributed by atoms with E-state index < -0.39 is 22.5 Å². The van der Waals surface area contributed by atoms with E-state index in [9.17, 15) is 14.4 Å². The van der Waals surface area contributed by atoms with Crippen LogP contribution >= 0.6 is 46.6 Å². The second-order valence-electron chi connectivity index (χ2n) is 11.3. The van der Waals surface area contributed by atoms with Crippen molar-refractivity contribution in [2.75, 3.05) is 41.7 Å². The number of fused-ring (bicyclic) bond motifs is 1. The quantitative estimate of drug-likeness (QED) is 0.244. The van der Waals surface area contributed by atoms with Gasteiger partial charge in [0.15, 0.2) is 0 Å². The minimum Gasteiger partial charge on any atom is -0.367 e. The lowest BCUT2D eigenvalue weighted by molar-refractivity contribution is -0.130. The molecule has 2 aliphatic heterocycles. The largest absolute Gasteiger partial charge is 0.367 e. The van der Waals surface area contributed by atoms with Crippen molar-refractivity contribution in [3.8, 4) is 0 Å². The summed E-state index contributed by atoms with van der Waals surface area (Å²) in [5.74, 6) is -1.37. The first-order chi connectivity index (χ1) is 21.7. The highest BCUT2D eigenvalue weighted by atomic mass is 35.5. The van der Waals surface area contributed by atoms with Crippen LogP contribution in [0.25, 0.3) is 10.9 Å². The number of piperazine rings is 1. The Hall–Kier alpha value is -3.44. The molecule has 1 aromatic heterocycles. The van der Waals surface area contributed by atoms with Crippen molar-refractivity contribution in [2.45, 2.75) is 24.3 Å². The van der Waals surface area contributed by atoms with E-state index in [2.05, 4.69) is 10.3 Å². The summed E-state index contributed by atoms with van der Waals surface area (Å²) in [4.78, 5) is 44.1. The highest BCUT2D eigenvalue weighted by molar-refractivity contribution is 8.00. The van der Waals surface area contributed by atoms with Gasteiger partial charge in [-0.15, -0.1) is 11.8 Å². The summed E-state index contributed by atoms with van der Waals surface area (Å²) in [6, 6.07) is 15.6. The number of hydrogen-bond acceptors (Lipinski definition) is 6. The SMILES string of the molecule is O=C(NN1C(=O)CSC1c1ccc(Cl)cc1)c1cn(C2CC2)c2cc(N3CCN(c4cccc(Cl)c4Cl)CC3)c(F)cc2c1=O. The van der Waals surface area contributed by atoms with E-state index in [4.69, 9.17) is 34.8 Å². The van der Waals surface area contributed by atoms with Crippen LogP contribution in [0.15, 0.2) is 65.6 Å². The van der Waals surface area contributed by atoms with Gasteiger partial charge in [0.2, 0.25) is 5.43 Å². The Morgan fingerprint density at radius 3 is 2.29 bits per heavy atom. The number of carbonyl (C=O) groups excluding carboxylic acids is 2. The number of pyridine rings is 1. The molecular weight excluding hydrogens is 660 g/mol. The number of rotatable bonds is 6. The van der Waals surface area contributed by atoms with E-state index >= 15 is 4.39 Å². The lowest BCUT2D eigenvalue weighted by Crippen LogP contribution is -2.47. The molecule has 0 bridgehead atoms. The first-order valence-corrected chi connectivity index (χ1v) is 16.7. The average molecular weight is 687 g/mol. The molecule has 1 atom stereocenters. The topological polar surface area (TPSA) is 77.9 Å². The lowest BCUT2D eigenvalue weighted by Gasteiger charge is -2.38. The molecule has 0 radical (unpaired) electrons. The first kappa shape index (κ1) is 30.2. The molecule has 1 aliphatic carbocycles. The van der Waals surface area contributed by atoms with Crippen LogP contribution in [0.3, 0.4) is 0 Å². The molecule has 45 heavy (non-hydrogen) atoms. The Labute approximate surface area is 277 Å². The number of carbonyl (C=O) groups is 2. The molecule has 3 aliphatic rings. The first-order valence-electron chi connectivity index (χ1n) is 14.5. The third-order valence-corrected chi connectivity index (χ3v) is 10.7. The van der Waals surface area contributed by atoms with Crippen LogP contribution in [0.5, 0.6) is 0 Å². The maximum absolute atomic E-state index is 15.7. The number of halogens is 4. The van der Waals surface area contributed by atoms with Crippen molar-refractivity contribution >= 4 is 80.7 Å². The van der Waals surface area contributed by atoms with Gasteiger partial charge in [-0.05, 0) is 54.8 Å². The molecule has 7 rings (SSSR count). The average Bonchev–Trinajstić information content (AvgIpc) is 3.82. The third-order valence-electron chi connectivity index (χ3n) is 8.42. The smallest absolute Gasteiger partial charge is 0.275 e. The Balaban J connectivity index is 1.17. The fourth-order valence-electron chi connectivity index (χ4n) is 5.93. The van der Waals surface area contributed by atoms with E-state index in [0.717, 1.165) is 24.1 Å². The van der Waals surface area contributed by atoms with E-state index in [-0.39, 0.29) is 28.7 Å². The van der Waals surface area contributed by atoms with Gasteiger partial charge in [-0.25, -0.2) is 9.40 Å². The molecule has 3 aromatic carbocycles. The molecule has 2 amide bonds. The molecule has 1 unspecified atom stereocenters. The number of benzene rings is 3. The molecule has 1 saturated carbocycles. The Kier molecular flexibility index (Phi) is 8.10. The summed E-state index contributed by atoms with van der Waals surface area (Å²) in [5, 5.41) is 2.43. The van der Waals surface area contributed by atoms with Crippen molar-refractivity contribution in [3.05, 3.63) is 103 Å². The van der Waals surface area contributed by atoms with Gasteiger partial charge in [-0.2, -0.15) is 0 Å². The van der Waals surface area contributed by atoms with Gasteiger partial charge in [-0.1, -0.05) is 53.0 Å². The van der Waals surface area contributed by atoms with Gasteiger partial charge < -0.3 is 14.4 Å². The maximum Gasteiger partial charge on any atom is 0.275 e. The summed E-state index contributed by atoms with van der Waals surface area (Å²) >= 11 is 20.0. The normalized spacial score (nSPS) is 18.6. The number of amides is 2. The number of thioether (sulfide) groups is 1. The standard InChI is InChI=1S/C32H27Cl3FN5O3S/c33-19-6-4-18(5-7-19)32-41(28(42)17-45-32)37-31(44)22-16-40(20-8-9-20)26-15-27(24(36)14-21(26)30(22)43)39-12-10-38(11-13-39)25-3-1-2-23(34)29(25)35/h1-7,14-16,20,32H,8-13,17H2,(H,37,44). The van der Waals surface area contributed by atoms with Gasteiger partial charge in [0.1, 0.15) is 16.8 Å². The molecule has 2 saturated heterocycles. The van der Waals surface area contributed by atoms with Crippen molar-refractivity contribution in [2.24, 2.45) is 0 Å². The summed E-state index contributed by atoms with van der Waals surface area (Å²) in [5.41, 5.74) is 4.52. The maximum atomic E-state index is 15.7. The molecule has 232 valence electrons. The lowest BCUT2D eigenvalue weighted by atomic mass is 10.1. The zero-order chi connectivity index (χ0) is 31.4. The second-order valence-corrected chi connectivity index (χ2v) is 13.6. The number of aromatic nitrogens is 1. The van der Waals surface area contributed by atoms with Gasteiger partial charge >= 0.3 is 0 Å². The molecule has 1 N–H and O–H groups in total. The van der Waals surface area contributed by atoms with Crippen LogP contribution in [0.2, 0.25) is 15.1 Å². The fraction of sp³-hybridized carbons (Fsp3) is 0.281. The predicted octanol–water partition coefficient (Wildman–Crippen LogP) is 6.68. The van der Waals surface area contributed by atoms with Crippen LogP contribution < -0.4 is 20.7 Å².